The second-order valence-corrected chi connectivity index (χ2v) is 9.07. The highest BCUT2D eigenvalue weighted by Crippen LogP contribution is 2.21. The molecular weight excluding hydrogens is 452 g/mol. The molecule has 0 aliphatic heterocycles. The third-order valence-electron chi connectivity index (χ3n) is 5.52. The van der Waals surface area contributed by atoms with Gasteiger partial charge in [0.05, 0.1) is 30.2 Å². The summed E-state index contributed by atoms with van der Waals surface area (Å²) < 4.78 is 3.92. The molecule has 0 amide bonds. The van der Waals surface area contributed by atoms with E-state index in [-0.39, 0.29) is 0 Å². The highest BCUT2D eigenvalue weighted by atomic mass is 35.5. The Labute approximate surface area is 204 Å². The molecule has 0 saturated heterocycles. The Morgan fingerprint density at radius 3 is 2.33 bits per heavy atom. The summed E-state index contributed by atoms with van der Waals surface area (Å²) in [5, 5.41) is 17.0. The van der Waals surface area contributed by atoms with Crippen LogP contribution in [0.15, 0.2) is 54.6 Å². The van der Waals surface area contributed by atoms with Gasteiger partial charge in [-0.3, -0.25) is 9.36 Å². The average Bonchev–Trinajstić information content (AvgIpc) is 3.23. The van der Waals surface area contributed by atoms with Crippen LogP contribution >= 0.6 is 23.8 Å². The lowest BCUT2D eigenvalue weighted by Gasteiger charge is -2.10. The van der Waals surface area contributed by atoms with E-state index >= 15 is 0 Å². The lowest BCUT2D eigenvalue weighted by atomic mass is 10.1. The number of aromatic nitrogens is 4. The Kier molecular flexibility index (Phi) is 6.81. The maximum atomic E-state index is 6.11. The lowest BCUT2D eigenvalue weighted by molar-refractivity contribution is 0.659. The van der Waals surface area contributed by atoms with Crippen LogP contribution < -0.4 is 10.6 Å². The third kappa shape index (κ3) is 5.61. The van der Waals surface area contributed by atoms with Crippen LogP contribution in [0.3, 0.4) is 0 Å². The molecule has 0 saturated carbocycles. The van der Waals surface area contributed by atoms with Crippen LogP contribution in [0.4, 0.5) is 11.5 Å². The van der Waals surface area contributed by atoms with E-state index in [2.05, 4.69) is 46.9 Å². The Morgan fingerprint density at radius 2 is 1.61 bits per heavy atom. The maximum absolute atomic E-state index is 6.11. The van der Waals surface area contributed by atoms with E-state index < -0.39 is 0 Å². The fraction of sp³-hybridized carbons (Fsp3) is 0.240. The van der Waals surface area contributed by atoms with Gasteiger partial charge in [0.15, 0.2) is 10.9 Å². The van der Waals surface area contributed by atoms with Gasteiger partial charge in [-0.1, -0.05) is 53.6 Å². The van der Waals surface area contributed by atoms with Crippen LogP contribution in [0, 0.1) is 27.7 Å². The van der Waals surface area contributed by atoms with Crippen LogP contribution in [-0.4, -0.2) is 24.7 Å². The van der Waals surface area contributed by atoms with Crippen molar-refractivity contribution in [2.24, 2.45) is 0 Å². The summed E-state index contributed by atoms with van der Waals surface area (Å²) in [7, 11) is 0. The molecule has 0 spiro atoms. The van der Waals surface area contributed by atoms with Crippen molar-refractivity contribution in [2.75, 3.05) is 10.6 Å². The molecule has 2 aromatic carbocycles. The van der Waals surface area contributed by atoms with E-state index in [0.717, 1.165) is 33.4 Å². The van der Waals surface area contributed by atoms with Gasteiger partial charge in [0.1, 0.15) is 0 Å². The molecule has 6 nitrogen and oxygen atoms in total. The minimum Gasteiger partial charge on any atom is -0.329 e. The number of nitrogens with one attached hydrogen (secondary N) is 2. The number of thiocarbonyl (C=S) groups is 1. The number of benzene rings is 2. The van der Waals surface area contributed by atoms with Gasteiger partial charge in [-0.2, -0.15) is 10.2 Å². The zero-order chi connectivity index (χ0) is 23.5. The van der Waals surface area contributed by atoms with Gasteiger partial charge in [-0.25, -0.2) is 0 Å². The Morgan fingerprint density at radius 1 is 0.879 bits per heavy atom. The predicted molar refractivity (Wildman–Crippen MR) is 139 cm³/mol. The molecule has 0 fully saturated rings. The normalized spacial score (nSPS) is 10.9. The zero-order valence-electron chi connectivity index (χ0n) is 19.2. The highest BCUT2D eigenvalue weighted by molar-refractivity contribution is 7.80. The fourth-order valence-corrected chi connectivity index (χ4v) is 4.12. The van der Waals surface area contributed by atoms with Crippen molar-refractivity contribution in [3.8, 4) is 0 Å². The molecule has 0 aliphatic carbocycles. The molecule has 170 valence electrons. The van der Waals surface area contributed by atoms with E-state index in [4.69, 9.17) is 28.9 Å². The molecule has 0 aliphatic rings. The number of anilines is 2. The summed E-state index contributed by atoms with van der Waals surface area (Å²) in [4.78, 5) is 0. The van der Waals surface area contributed by atoms with Crippen molar-refractivity contribution in [2.45, 2.75) is 40.8 Å². The van der Waals surface area contributed by atoms with E-state index in [1.165, 1.54) is 11.1 Å². The van der Waals surface area contributed by atoms with Gasteiger partial charge >= 0.3 is 0 Å². The average molecular weight is 479 g/mol. The first-order valence-electron chi connectivity index (χ1n) is 10.7. The fourth-order valence-electron chi connectivity index (χ4n) is 3.70. The highest BCUT2D eigenvalue weighted by Gasteiger charge is 2.14. The van der Waals surface area contributed by atoms with Crippen LogP contribution in [0.5, 0.6) is 0 Å². The molecular formula is C25H27ClN6S. The summed E-state index contributed by atoms with van der Waals surface area (Å²) >= 11 is 11.7. The third-order valence-corrected chi connectivity index (χ3v) is 5.96. The van der Waals surface area contributed by atoms with E-state index in [9.17, 15) is 0 Å². The molecule has 0 atom stereocenters. The van der Waals surface area contributed by atoms with Gasteiger partial charge in [0.2, 0.25) is 0 Å². The summed E-state index contributed by atoms with van der Waals surface area (Å²) in [6.07, 6.45) is 0. The quantitative estimate of drug-likeness (QED) is 0.339. The molecule has 33 heavy (non-hydrogen) atoms. The van der Waals surface area contributed by atoms with Crippen LogP contribution in [0.1, 0.15) is 33.8 Å². The van der Waals surface area contributed by atoms with Crippen molar-refractivity contribution in [1.29, 1.82) is 0 Å². The summed E-state index contributed by atoms with van der Waals surface area (Å²) in [5.74, 6) is 0.689. The number of aryl methyl sites for hydroxylation is 3. The monoisotopic (exact) mass is 478 g/mol. The first kappa shape index (κ1) is 23.0. The van der Waals surface area contributed by atoms with Gasteiger partial charge in [-0.05, 0) is 63.2 Å². The molecule has 8 heteroatoms. The molecule has 2 N–H and O–H groups in total. The van der Waals surface area contributed by atoms with E-state index in [0.29, 0.717) is 24.0 Å². The van der Waals surface area contributed by atoms with Crippen LogP contribution in [0.25, 0.3) is 0 Å². The number of rotatable bonds is 6. The summed E-state index contributed by atoms with van der Waals surface area (Å²) in [6.45, 7) is 9.48. The SMILES string of the molecule is Cc1ccc(Cn2nc(C)c(NC(=S)Nc3cc(C)n(Cc4cccc(Cl)c4)n3)c2C)cc1. The Hall–Kier alpha value is -3.16. The Bertz CT molecular complexity index is 1290. The minimum absolute atomic E-state index is 0.475. The number of halogens is 1. The second kappa shape index (κ2) is 9.77. The van der Waals surface area contributed by atoms with E-state index in [1.54, 1.807) is 0 Å². The van der Waals surface area contributed by atoms with Gasteiger partial charge in [0, 0.05) is 16.8 Å². The van der Waals surface area contributed by atoms with Crippen LogP contribution in [-0.2, 0) is 13.1 Å². The van der Waals surface area contributed by atoms with Crippen molar-refractivity contribution < 1.29 is 0 Å². The van der Waals surface area contributed by atoms with E-state index in [1.807, 2.05) is 60.5 Å². The van der Waals surface area contributed by atoms with Crippen molar-refractivity contribution in [3.05, 3.63) is 93.4 Å². The van der Waals surface area contributed by atoms with Crippen LogP contribution in [0.2, 0.25) is 5.02 Å². The van der Waals surface area contributed by atoms with Gasteiger partial charge in [-0.15, -0.1) is 0 Å². The second-order valence-electron chi connectivity index (χ2n) is 8.23. The summed E-state index contributed by atoms with van der Waals surface area (Å²) in [5.41, 5.74) is 7.41. The first-order chi connectivity index (χ1) is 15.8. The number of nitrogens with zero attached hydrogens (tertiary/aromatic N) is 4. The number of hydrogen-bond donors (Lipinski definition) is 2. The zero-order valence-corrected chi connectivity index (χ0v) is 20.8. The first-order valence-corrected chi connectivity index (χ1v) is 11.5. The lowest BCUT2D eigenvalue weighted by Crippen LogP contribution is -2.20. The standard InChI is InChI=1S/C25H27ClN6S/c1-16-8-10-20(11-9-16)14-32-19(4)24(18(3)29-32)28-25(33)27-23-12-17(2)31(30-23)15-21-6-5-7-22(26)13-21/h5-13H,14-15H2,1-4H3,(H2,27,28,30,33). The van der Waals surface area contributed by atoms with Crippen molar-refractivity contribution in [3.63, 3.8) is 0 Å². The van der Waals surface area contributed by atoms with Crippen molar-refractivity contribution in [1.82, 2.24) is 19.6 Å². The van der Waals surface area contributed by atoms with Gasteiger partial charge < -0.3 is 10.6 Å². The summed E-state index contributed by atoms with van der Waals surface area (Å²) in [6, 6.07) is 18.3. The van der Waals surface area contributed by atoms with Gasteiger partial charge in [0.25, 0.3) is 0 Å². The smallest absolute Gasteiger partial charge is 0.176 e. The Balaban J connectivity index is 1.43. The molecule has 0 bridgehead atoms. The van der Waals surface area contributed by atoms with Crippen molar-refractivity contribution >= 4 is 40.4 Å². The molecule has 0 radical (unpaired) electrons. The minimum atomic E-state index is 0.475. The number of hydrogen-bond acceptors (Lipinski definition) is 3. The molecule has 2 heterocycles. The molecule has 4 aromatic rings. The predicted octanol–water partition coefficient (Wildman–Crippen LogP) is 5.87. The topological polar surface area (TPSA) is 59.7 Å². The molecule has 4 rings (SSSR count). The largest absolute Gasteiger partial charge is 0.329 e. The molecule has 2 aromatic heterocycles. The maximum Gasteiger partial charge on any atom is 0.176 e. The molecule has 0 unspecified atom stereocenters.